The largest absolute Gasteiger partial charge is 0.347 e. The molecule has 3 rings (SSSR count). The molecule has 0 saturated carbocycles. The van der Waals surface area contributed by atoms with Crippen LogP contribution in [0.1, 0.15) is 41.0 Å². The molecule has 0 unspecified atom stereocenters. The highest BCUT2D eigenvalue weighted by Gasteiger charge is 2.36. The monoisotopic (exact) mass is 265 g/mol. The van der Waals surface area contributed by atoms with Crippen molar-refractivity contribution in [3.63, 3.8) is 0 Å². The molecular formula is C13H19N3OS. The van der Waals surface area contributed by atoms with Gasteiger partial charge in [-0.2, -0.15) is 0 Å². The first-order valence-corrected chi connectivity index (χ1v) is 7.58. The predicted octanol–water partition coefficient (Wildman–Crippen LogP) is 1.81. The normalized spacial score (nSPS) is 28.1. The van der Waals surface area contributed by atoms with E-state index in [0.29, 0.717) is 12.1 Å². The Bertz CT molecular complexity index is 445. The SMILES string of the molecule is Cc1ncsc1C(=O)N[C@H]1CCN2CCCC[C@H]12. The van der Waals surface area contributed by atoms with E-state index in [0.717, 1.165) is 23.5 Å². The van der Waals surface area contributed by atoms with Gasteiger partial charge in [0.15, 0.2) is 0 Å². The first-order chi connectivity index (χ1) is 8.75. The van der Waals surface area contributed by atoms with Crippen LogP contribution >= 0.6 is 11.3 Å². The lowest BCUT2D eigenvalue weighted by Gasteiger charge is -2.32. The summed E-state index contributed by atoms with van der Waals surface area (Å²) in [4.78, 5) is 19.6. The van der Waals surface area contributed by atoms with E-state index in [1.165, 1.54) is 37.1 Å². The van der Waals surface area contributed by atoms with Crippen molar-refractivity contribution in [3.05, 3.63) is 16.1 Å². The lowest BCUT2D eigenvalue weighted by atomic mass is 9.99. The van der Waals surface area contributed by atoms with Crippen LogP contribution in [0.15, 0.2) is 5.51 Å². The van der Waals surface area contributed by atoms with Gasteiger partial charge in [-0.25, -0.2) is 4.98 Å². The molecule has 0 aliphatic carbocycles. The number of fused-ring (bicyclic) bond motifs is 1. The topological polar surface area (TPSA) is 45.2 Å². The van der Waals surface area contributed by atoms with Gasteiger partial charge in [-0.3, -0.25) is 9.69 Å². The lowest BCUT2D eigenvalue weighted by molar-refractivity contribution is 0.0918. The number of thiazole rings is 1. The van der Waals surface area contributed by atoms with Crippen LogP contribution in [0.25, 0.3) is 0 Å². The van der Waals surface area contributed by atoms with Gasteiger partial charge in [0.05, 0.1) is 11.2 Å². The molecule has 0 spiro atoms. The van der Waals surface area contributed by atoms with Crippen LogP contribution in [-0.4, -0.2) is 41.0 Å². The van der Waals surface area contributed by atoms with E-state index >= 15 is 0 Å². The van der Waals surface area contributed by atoms with E-state index in [2.05, 4.69) is 15.2 Å². The van der Waals surface area contributed by atoms with Crippen molar-refractivity contribution in [1.82, 2.24) is 15.2 Å². The van der Waals surface area contributed by atoms with Crippen LogP contribution in [0.3, 0.4) is 0 Å². The van der Waals surface area contributed by atoms with Gasteiger partial charge >= 0.3 is 0 Å². The number of piperidine rings is 1. The van der Waals surface area contributed by atoms with Gasteiger partial charge in [-0.1, -0.05) is 6.42 Å². The second-order valence-corrected chi connectivity index (χ2v) is 6.09. The fourth-order valence-corrected chi connectivity index (χ4v) is 3.87. The molecule has 2 fully saturated rings. The van der Waals surface area contributed by atoms with Gasteiger partial charge in [0.25, 0.3) is 5.91 Å². The molecule has 0 bridgehead atoms. The molecule has 2 saturated heterocycles. The van der Waals surface area contributed by atoms with Gasteiger partial charge in [-0.05, 0) is 32.7 Å². The van der Waals surface area contributed by atoms with Crippen LogP contribution < -0.4 is 5.32 Å². The highest BCUT2D eigenvalue weighted by atomic mass is 32.1. The molecule has 0 aromatic carbocycles. The quantitative estimate of drug-likeness (QED) is 0.887. The molecule has 4 nitrogen and oxygen atoms in total. The zero-order valence-corrected chi connectivity index (χ0v) is 11.5. The summed E-state index contributed by atoms with van der Waals surface area (Å²) >= 11 is 1.43. The molecule has 2 aliphatic rings. The maximum Gasteiger partial charge on any atom is 0.263 e. The van der Waals surface area contributed by atoms with Gasteiger partial charge in [0.1, 0.15) is 4.88 Å². The maximum atomic E-state index is 12.2. The first kappa shape index (κ1) is 12.1. The fraction of sp³-hybridized carbons (Fsp3) is 0.692. The minimum atomic E-state index is 0.0624. The van der Waals surface area contributed by atoms with E-state index in [1.807, 2.05) is 6.92 Å². The van der Waals surface area contributed by atoms with Crippen LogP contribution in [0.5, 0.6) is 0 Å². The molecule has 1 aromatic rings. The van der Waals surface area contributed by atoms with Crippen molar-refractivity contribution in [3.8, 4) is 0 Å². The third-order valence-corrected chi connectivity index (χ3v) is 5.05. The standard InChI is InChI=1S/C13H19N3OS/c1-9-12(18-8-14-9)13(17)15-10-5-7-16-6-3-2-4-11(10)16/h8,10-11H,2-7H2,1H3,(H,15,17)/t10-,11+/m0/s1. The smallest absolute Gasteiger partial charge is 0.263 e. The highest BCUT2D eigenvalue weighted by molar-refractivity contribution is 7.11. The average Bonchev–Trinajstić information content (AvgIpc) is 2.97. The third-order valence-electron chi connectivity index (χ3n) is 4.12. The lowest BCUT2D eigenvalue weighted by Crippen LogP contribution is -2.46. The molecule has 1 N–H and O–H groups in total. The second-order valence-electron chi connectivity index (χ2n) is 5.23. The van der Waals surface area contributed by atoms with Gasteiger partial charge in [0, 0.05) is 18.6 Å². The number of carbonyl (C=O) groups is 1. The number of hydrogen-bond acceptors (Lipinski definition) is 4. The number of aromatic nitrogens is 1. The third kappa shape index (κ3) is 2.17. The van der Waals surface area contributed by atoms with E-state index in [1.54, 1.807) is 5.51 Å². The minimum Gasteiger partial charge on any atom is -0.347 e. The zero-order chi connectivity index (χ0) is 12.5. The van der Waals surface area contributed by atoms with Gasteiger partial charge < -0.3 is 5.32 Å². The number of nitrogens with zero attached hydrogens (tertiary/aromatic N) is 2. The molecule has 18 heavy (non-hydrogen) atoms. The Morgan fingerprint density at radius 1 is 1.44 bits per heavy atom. The van der Waals surface area contributed by atoms with E-state index in [-0.39, 0.29) is 5.91 Å². The van der Waals surface area contributed by atoms with Crippen LogP contribution in [0, 0.1) is 6.92 Å². The molecule has 2 aliphatic heterocycles. The number of rotatable bonds is 2. The van der Waals surface area contributed by atoms with Crippen LogP contribution in [-0.2, 0) is 0 Å². The van der Waals surface area contributed by atoms with Crippen molar-refractivity contribution < 1.29 is 4.79 Å². The van der Waals surface area contributed by atoms with E-state index in [4.69, 9.17) is 0 Å². The average molecular weight is 265 g/mol. The molecule has 98 valence electrons. The molecule has 5 heteroatoms. The van der Waals surface area contributed by atoms with Crippen molar-refractivity contribution >= 4 is 17.2 Å². The fourth-order valence-electron chi connectivity index (χ4n) is 3.17. The van der Waals surface area contributed by atoms with Crippen LogP contribution in [0.2, 0.25) is 0 Å². The zero-order valence-electron chi connectivity index (χ0n) is 10.7. The van der Waals surface area contributed by atoms with Crippen molar-refractivity contribution in [2.45, 2.75) is 44.7 Å². The summed E-state index contributed by atoms with van der Waals surface area (Å²) in [5, 5.41) is 3.21. The number of aryl methyl sites for hydroxylation is 1. The summed E-state index contributed by atoms with van der Waals surface area (Å²) in [5.74, 6) is 0.0624. The Morgan fingerprint density at radius 2 is 2.33 bits per heavy atom. The number of hydrogen-bond donors (Lipinski definition) is 1. The number of amides is 1. The summed E-state index contributed by atoms with van der Waals surface area (Å²) in [7, 11) is 0. The highest BCUT2D eigenvalue weighted by Crippen LogP contribution is 2.27. The Hall–Kier alpha value is -0.940. The van der Waals surface area contributed by atoms with Crippen molar-refractivity contribution in [2.75, 3.05) is 13.1 Å². The Morgan fingerprint density at radius 3 is 3.11 bits per heavy atom. The molecular weight excluding hydrogens is 246 g/mol. The summed E-state index contributed by atoms with van der Waals surface area (Å²) in [6, 6.07) is 0.898. The molecule has 2 atom stereocenters. The van der Waals surface area contributed by atoms with E-state index < -0.39 is 0 Å². The second kappa shape index (κ2) is 4.97. The molecule has 1 amide bonds. The Kier molecular flexibility index (Phi) is 3.35. The maximum absolute atomic E-state index is 12.2. The predicted molar refractivity (Wildman–Crippen MR) is 71.9 cm³/mol. The molecule has 3 heterocycles. The summed E-state index contributed by atoms with van der Waals surface area (Å²) in [6.45, 7) is 4.24. The molecule has 0 radical (unpaired) electrons. The summed E-state index contributed by atoms with van der Waals surface area (Å²) in [5.41, 5.74) is 2.59. The van der Waals surface area contributed by atoms with Gasteiger partial charge in [0.2, 0.25) is 0 Å². The first-order valence-electron chi connectivity index (χ1n) is 6.70. The summed E-state index contributed by atoms with van der Waals surface area (Å²) < 4.78 is 0. The van der Waals surface area contributed by atoms with Crippen LogP contribution in [0.4, 0.5) is 0 Å². The Balaban J connectivity index is 1.66. The number of carbonyl (C=O) groups excluding carboxylic acids is 1. The van der Waals surface area contributed by atoms with E-state index in [9.17, 15) is 4.79 Å². The minimum absolute atomic E-state index is 0.0624. The molecule has 1 aromatic heterocycles. The summed E-state index contributed by atoms with van der Waals surface area (Å²) in [6.07, 6.45) is 4.93. The van der Waals surface area contributed by atoms with Crippen molar-refractivity contribution in [1.29, 1.82) is 0 Å². The Labute approximate surface area is 111 Å². The number of nitrogens with one attached hydrogen (secondary N) is 1. The van der Waals surface area contributed by atoms with Crippen molar-refractivity contribution in [2.24, 2.45) is 0 Å². The van der Waals surface area contributed by atoms with Gasteiger partial charge in [-0.15, -0.1) is 11.3 Å².